The molecule has 1 aliphatic rings. The van der Waals surface area contributed by atoms with Gasteiger partial charge >= 0.3 is 17.9 Å². The third-order valence-corrected chi connectivity index (χ3v) is 8.57. The summed E-state index contributed by atoms with van der Waals surface area (Å²) in [5, 5.41) is 0.397. The van der Waals surface area contributed by atoms with Crippen molar-refractivity contribution in [2.45, 2.75) is 141 Å². The summed E-state index contributed by atoms with van der Waals surface area (Å²) < 4.78 is 16.5. The molecule has 0 heterocycles. The minimum Gasteiger partial charge on any atom is -0.466 e. The summed E-state index contributed by atoms with van der Waals surface area (Å²) in [6, 6.07) is 0. The molecule has 1 rings (SSSR count). The molecule has 7 heteroatoms. The van der Waals surface area contributed by atoms with E-state index in [1.165, 1.54) is 39.5 Å². The van der Waals surface area contributed by atoms with Crippen LogP contribution < -0.4 is 0 Å². The summed E-state index contributed by atoms with van der Waals surface area (Å²) >= 11 is 1.89. The number of ether oxygens (including phenoxy) is 3. The topological polar surface area (TPSA) is 78.9 Å². The van der Waals surface area contributed by atoms with Crippen LogP contribution in [0.4, 0.5) is 0 Å². The minimum atomic E-state index is -0.458. The number of hydrogen-bond donors (Lipinski definition) is 0. The Hall–Kier alpha value is -1.24. The van der Waals surface area contributed by atoms with Gasteiger partial charge in [-0.1, -0.05) is 51.9 Å². The molecule has 6 nitrogen and oxygen atoms in total. The first kappa shape index (κ1) is 31.8. The van der Waals surface area contributed by atoms with Crippen molar-refractivity contribution in [3.63, 3.8) is 0 Å². The molecule has 204 valence electrons. The van der Waals surface area contributed by atoms with Gasteiger partial charge in [0.1, 0.15) is 11.7 Å². The Bertz CT molecular complexity index is 625. The highest BCUT2D eigenvalue weighted by Crippen LogP contribution is 2.42. The lowest BCUT2D eigenvalue weighted by atomic mass is 9.96. The second-order valence-electron chi connectivity index (χ2n) is 10.2. The van der Waals surface area contributed by atoms with E-state index in [9.17, 15) is 14.4 Å². The van der Waals surface area contributed by atoms with Gasteiger partial charge in [0, 0.05) is 37.2 Å². The Morgan fingerprint density at radius 1 is 0.886 bits per heavy atom. The summed E-state index contributed by atoms with van der Waals surface area (Å²) in [4.78, 5) is 35.0. The van der Waals surface area contributed by atoms with E-state index in [1.807, 2.05) is 18.7 Å². The molecule has 0 spiro atoms. The maximum Gasteiger partial charge on any atom is 0.305 e. The van der Waals surface area contributed by atoms with Crippen LogP contribution in [0.25, 0.3) is 0 Å². The Balaban J connectivity index is 2.59. The third kappa shape index (κ3) is 14.2. The smallest absolute Gasteiger partial charge is 0.305 e. The number of carbonyl (C=O) groups is 3. The zero-order valence-corrected chi connectivity index (χ0v) is 23.7. The average molecular weight is 515 g/mol. The standard InChI is InChI=1S/C28H50O6S/c1-6-8-9-12-15-20-28(5,34-23(4)30)21-35-26-19-18-25(33-22(3)29)24(26)16-13-10-11-14-17-27(31)32-7-2/h24-26H,6-21H2,1-5H3. The van der Waals surface area contributed by atoms with Crippen LogP contribution in [0.3, 0.4) is 0 Å². The Kier molecular flexibility index (Phi) is 16.4. The van der Waals surface area contributed by atoms with Crippen LogP contribution in [0.2, 0.25) is 0 Å². The molecule has 0 N–H and O–H groups in total. The molecule has 0 amide bonds. The van der Waals surface area contributed by atoms with Gasteiger partial charge in [-0.05, 0) is 52.4 Å². The molecule has 4 atom stereocenters. The molecule has 0 aromatic heterocycles. The number of esters is 3. The van der Waals surface area contributed by atoms with E-state index in [0.717, 1.165) is 63.5 Å². The van der Waals surface area contributed by atoms with Gasteiger partial charge in [-0.15, -0.1) is 0 Å². The van der Waals surface area contributed by atoms with E-state index in [1.54, 1.807) is 0 Å². The highest BCUT2D eigenvalue weighted by atomic mass is 32.2. The monoisotopic (exact) mass is 514 g/mol. The summed E-state index contributed by atoms with van der Waals surface area (Å²) in [5.74, 6) is 0.548. The molecule has 1 saturated carbocycles. The zero-order chi connectivity index (χ0) is 26.1. The molecule has 0 aliphatic heterocycles. The second-order valence-corrected chi connectivity index (χ2v) is 11.4. The van der Waals surface area contributed by atoms with Gasteiger partial charge in [-0.25, -0.2) is 0 Å². The van der Waals surface area contributed by atoms with E-state index in [2.05, 4.69) is 13.8 Å². The van der Waals surface area contributed by atoms with Crippen LogP contribution >= 0.6 is 11.8 Å². The molecule has 1 fully saturated rings. The second kappa shape index (κ2) is 18.1. The first-order valence-corrected chi connectivity index (χ1v) is 14.9. The molecule has 4 unspecified atom stereocenters. The number of thioether (sulfide) groups is 1. The fraction of sp³-hybridized carbons (Fsp3) is 0.893. The van der Waals surface area contributed by atoms with E-state index in [4.69, 9.17) is 14.2 Å². The quantitative estimate of drug-likeness (QED) is 0.104. The first-order valence-electron chi connectivity index (χ1n) is 13.8. The van der Waals surface area contributed by atoms with Crippen molar-refractivity contribution in [1.29, 1.82) is 0 Å². The Morgan fingerprint density at radius 3 is 2.23 bits per heavy atom. The lowest BCUT2D eigenvalue weighted by Gasteiger charge is -2.32. The lowest BCUT2D eigenvalue weighted by molar-refractivity contribution is -0.154. The summed E-state index contributed by atoms with van der Waals surface area (Å²) in [6.45, 7) is 9.53. The first-order chi connectivity index (χ1) is 16.7. The fourth-order valence-electron chi connectivity index (χ4n) is 5.06. The predicted molar refractivity (Wildman–Crippen MR) is 142 cm³/mol. The van der Waals surface area contributed by atoms with Crippen LogP contribution in [0.5, 0.6) is 0 Å². The van der Waals surface area contributed by atoms with Gasteiger partial charge in [0.25, 0.3) is 0 Å². The van der Waals surface area contributed by atoms with Gasteiger partial charge in [-0.3, -0.25) is 14.4 Å². The predicted octanol–water partition coefficient (Wildman–Crippen LogP) is 7.02. The van der Waals surface area contributed by atoms with Crippen molar-refractivity contribution in [3.05, 3.63) is 0 Å². The van der Waals surface area contributed by atoms with E-state index in [0.29, 0.717) is 24.2 Å². The fourth-order valence-corrected chi connectivity index (χ4v) is 6.69. The van der Waals surface area contributed by atoms with Crippen molar-refractivity contribution in [2.75, 3.05) is 12.4 Å². The van der Waals surface area contributed by atoms with Crippen molar-refractivity contribution in [1.82, 2.24) is 0 Å². The van der Waals surface area contributed by atoms with Gasteiger partial charge in [-0.2, -0.15) is 11.8 Å². The van der Waals surface area contributed by atoms with Crippen molar-refractivity contribution >= 4 is 29.7 Å². The third-order valence-electron chi connectivity index (χ3n) is 6.78. The van der Waals surface area contributed by atoms with Gasteiger partial charge in [0.2, 0.25) is 0 Å². The van der Waals surface area contributed by atoms with Crippen LogP contribution in [-0.4, -0.2) is 47.2 Å². The van der Waals surface area contributed by atoms with Crippen LogP contribution in [0, 0.1) is 5.92 Å². The van der Waals surface area contributed by atoms with E-state index >= 15 is 0 Å². The molecule has 0 radical (unpaired) electrons. The maximum atomic E-state index is 11.8. The number of unbranched alkanes of at least 4 members (excludes halogenated alkanes) is 7. The van der Waals surface area contributed by atoms with Gasteiger partial charge in [0.15, 0.2) is 0 Å². The van der Waals surface area contributed by atoms with Crippen LogP contribution in [0.1, 0.15) is 125 Å². The molecular formula is C28H50O6S. The summed E-state index contributed by atoms with van der Waals surface area (Å²) in [7, 11) is 0. The molecule has 35 heavy (non-hydrogen) atoms. The minimum absolute atomic E-state index is 0.0291. The van der Waals surface area contributed by atoms with Gasteiger partial charge < -0.3 is 14.2 Å². The van der Waals surface area contributed by atoms with E-state index in [-0.39, 0.29) is 24.0 Å². The lowest BCUT2D eigenvalue weighted by Crippen LogP contribution is -2.35. The van der Waals surface area contributed by atoms with Crippen LogP contribution in [0.15, 0.2) is 0 Å². The molecule has 0 aromatic rings. The van der Waals surface area contributed by atoms with E-state index < -0.39 is 5.60 Å². The Morgan fingerprint density at radius 2 is 1.57 bits per heavy atom. The Labute approximate surface area is 218 Å². The number of hydrogen-bond acceptors (Lipinski definition) is 7. The molecule has 0 bridgehead atoms. The average Bonchev–Trinajstić information content (AvgIpc) is 3.15. The zero-order valence-electron chi connectivity index (χ0n) is 22.9. The highest BCUT2D eigenvalue weighted by Gasteiger charge is 2.39. The number of rotatable bonds is 19. The SMILES string of the molecule is CCCCCCCC(C)(CSC1CCC(OC(C)=O)C1CCCCCCC(=O)OCC)OC(C)=O. The normalized spacial score (nSPS) is 21.3. The largest absolute Gasteiger partial charge is 0.466 e. The van der Waals surface area contributed by atoms with Crippen molar-refractivity contribution < 1.29 is 28.6 Å². The molecule has 1 aliphatic carbocycles. The number of carbonyl (C=O) groups excluding carboxylic acids is 3. The highest BCUT2D eigenvalue weighted by molar-refractivity contribution is 8.00. The molecule has 0 saturated heterocycles. The van der Waals surface area contributed by atoms with Crippen LogP contribution in [-0.2, 0) is 28.6 Å². The van der Waals surface area contributed by atoms with Crippen molar-refractivity contribution in [2.24, 2.45) is 5.92 Å². The van der Waals surface area contributed by atoms with Gasteiger partial charge in [0.05, 0.1) is 6.61 Å². The summed E-state index contributed by atoms with van der Waals surface area (Å²) in [5.41, 5.74) is -0.458. The maximum absolute atomic E-state index is 11.8. The molecular weight excluding hydrogens is 464 g/mol. The molecule has 0 aromatic carbocycles. The summed E-state index contributed by atoms with van der Waals surface area (Å²) in [6.07, 6.45) is 14.2. The van der Waals surface area contributed by atoms with Crippen molar-refractivity contribution in [3.8, 4) is 0 Å².